The lowest BCUT2D eigenvalue weighted by molar-refractivity contribution is 0.0130. The average molecular weight is 1210 g/mol. The maximum atomic E-state index is 13.3. The fourth-order valence-electron chi connectivity index (χ4n) is 10.4. The van der Waals surface area contributed by atoms with Crippen LogP contribution in [0.3, 0.4) is 0 Å². The second-order valence-corrected chi connectivity index (χ2v) is 23.6. The predicted molar refractivity (Wildman–Crippen MR) is 345 cm³/mol. The van der Waals surface area contributed by atoms with Crippen LogP contribution in [-0.2, 0) is 35.2 Å². The molecule has 0 radical (unpaired) electrons. The molecule has 2 aliphatic heterocycles. The van der Waals surface area contributed by atoms with Crippen LogP contribution in [0.15, 0.2) is 186 Å². The van der Waals surface area contributed by atoms with Gasteiger partial charge >= 0.3 is 19.3 Å². The van der Waals surface area contributed by atoms with Crippen LogP contribution in [0.2, 0.25) is 0 Å². The first kappa shape index (κ1) is 64.5. The van der Waals surface area contributed by atoms with Crippen molar-refractivity contribution in [2.75, 3.05) is 41.5 Å². The predicted octanol–water partition coefficient (Wildman–Crippen LogP) is 15.3. The largest absolute Gasteiger partial charge is 0.493 e. The molecule has 444 valence electrons. The third-order valence-corrected chi connectivity index (χ3v) is 15.2. The quantitative estimate of drug-likeness (QED) is 0.114. The van der Waals surface area contributed by atoms with Gasteiger partial charge in [0.25, 0.3) is 0 Å². The maximum absolute atomic E-state index is 13.3. The SMILES string of the molecule is C.COc1cc2c(cc1OC)C(Cc1ccc(-c3ccc(-c4ccccc4)cc3)cc1)N(C(=O)OC(C)(C)C)CC2.COc1cc2c(cc1OC)C(Cc1ccc(Br)cc1)N(C(=O)OC(C)(C)C)CC2.OB(O)c1ccc(-c2ccccc2)cc1. The van der Waals surface area contributed by atoms with Crippen molar-refractivity contribution in [2.24, 2.45) is 0 Å². The molecule has 2 atom stereocenters. The average Bonchev–Trinajstić information content (AvgIpc) is 3.28. The molecule has 85 heavy (non-hydrogen) atoms. The van der Waals surface area contributed by atoms with Gasteiger partial charge in [-0.05, 0) is 176 Å². The maximum Gasteiger partial charge on any atom is 0.488 e. The summed E-state index contributed by atoms with van der Waals surface area (Å²) in [5.74, 6) is 2.73. The summed E-state index contributed by atoms with van der Waals surface area (Å²) < 4.78 is 34.7. The Kier molecular flexibility index (Phi) is 22.1. The van der Waals surface area contributed by atoms with Crippen LogP contribution < -0.4 is 24.4 Å². The van der Waals surface area contributed by atoms with Gasteiger partial charge < -0.3 is 48.3 Å². The first-order valence-corrected chi connectivity index (χ1v) is 29.0. The van der Waals surface area contributed by atoms with E-state index in [4.69, 9.17) is 38.5 Å². The molecule has 2 N–H and O–H groups in total. The summed E-state index contributed by atoms with van der Waals surface area (Å²) in [6, 6.07) is 60.8. The molecule has 0 saturated carbocycles. The summed E-state index contributed by atoms with van der Waals surface area (Å²) >= 11 is 3.48. The molecule has 0 bridgehead atoms. The molecule has 0 aliphatic carbocycles. The molecule has 10 rings (SSSR count). The standard InChI is InChI=1S/C35H37NO4.C23H28BrNO4.C12H11BO2.CH4/c1-35(2,3)40-34(37)36-20-19-29-22-32(38-4)33(39-5)23-30(29)31(36)21-24-11-13-26(14-12-24)28-17-15-27(16-18-28)25-9-7-6-8-10-25;1-23(2,3)29-22(26)25-11-10-16-13-20(27-4)21(28-5)14-18(16)19(25)12-15-6-8-17(24)9-7-15;14-13(15)12-8-6-11(7-9-12)10-4-2-1-3-5-10;/h6-18,22-23,31H,19-21H2,1-5H3;6-9,13-14,19H,10-12H2,1-5H3;1-9,14-15H;1H4. The Balaban J connectivity index is 0.000000200. The Bertz CT molecular complexity index is 3440. The molecule has 2 heterocycles. The van der Waals surface area contributed by atoms with Crippen LogP contribution in [0.1, 0.15) is 94.4 Å². The van der Waals surface area contributed by atoms with Crippen molar-refractivity contribution in [1.29, 1.82) is 0 Å². The molecule has 0 spiro atoms. The molecule has 8 aromatic carbocycles. The van der Waals surface area contributed by atoms with Gasteiger partial charge in [0.2, 0.25) is 0 Å². The Morgan fingerprint density at radius 2 is 0.776 bits per heavy atom. The summed E-state index contributed by atoms with van der Waals surface area (Å²) in [4.78, 5) is 30.0. The van der Waals surface area contributed by atoms with E-state index in [2.05, 4.69) is 101 Å². The van der Waals surface area contributed by atoms with E-state index < -0.39 is 18.3 Å². The summed E-state index contributed by atoms with van der Waals surface area (Å²) in [5.41, 5.74) is 13.1. The van der Waals surface area contributed by atoms with Gasteiger partial charge in [-0.25, -0.2) is 9.59 Å². The Hall–Kier alpha value is -8.04. The van der Waals surface area contributed by atoms with Gasteiger partial charge in [0.15, 0.2) is 23.0 Å². The number of carbonyl (C=O) groups is 2. The third kappa shape index (κ3) is 17.1. The summed E-state index contributed by atoms with van der Waals surface area (Å²) in [6.45, 7) is 12.5. The van der Waals surface area contributed by atoms with E-state index in [1.165, 1.54) is 22.3 Å². The Morgan fingerprint density at radius 1 is 0.471 bits per heavy atom. The van der Waals surface area contributed by atoms with Crippen LogP contribution in [0.5, 0.6) is 23.0 Å². The molecular formula is C71H80BBrN2O10. The van der Waals surface area contributed by atoms with Gasteiger partial charge in [0, 0.05) is 17.6 Å². The van der Waals surface area contributed by atoms with E-state index in [9.17, 15) is 9.59 Å². The molecule has 0 saturated heterocycles. The number of hydrogen-bond acceptors (Lipinski definition) is 10. The fraction of sp³-hybridized carbons (Fsp3) is 0.296. The zero-order valence-electron chi connectivity index (χ0n) is 49.7. The smallest absolute Gasteiger partial charge is 0.488 e. The number of halogens is 1. The van der Waals surface area contributed by atoms with Gasteiger partial charge in [0.05, 0.1) is 40.5 Å². The van der Waals surface area contributed by atoms with E-state index in [0.29, 0.717) is 54.4 Å². The van der Waals surface area contributed by atoms with E-state index >= 15 is 0 Å². The van der Waals surface area contributed by atoms with Crippen molar-refractivity contribution in [2.45, 2.75) is 97.9 Å². The molecule has 2 amide bonds. The first-order chi connectivity index (χ1) is 40.2. The number of amides is 2. The highest BCUT2D eigenvalue weighted by atomic mass is 79.9. The number of nitrogens with zero attached hydrogens (tertiary/aromatic N) is 2. The molecule has 2 aliphatic rings. The zero-order valence-corrected chi connectivity index (χ0v) is 51.3. The summed E-state index contributed by atoms with van der Waals surface area (Å²) in [7, 11) is 5.16. The van der Waals surface area contributed by atoms with Gasteiger partial charge in [-0.15, -0.1) is 0 Å². The van der Waals surface area contributed by atoms with Gasteiger partial charge in [-0.3, -0.25) is 0 Å². The lowest BCUT2D eigenvalue weighted by Gasteiger charge is -2.38. The molecule has 2 unspecified atom stereocenters. The Labute approximate surface area is 511 Å². The molecule has 12 nitrogen and oxygen atoms in total. The number of rotatable bonds is 12. The van der Waals surface area contributed by atoms with Crippen molar-refractivity contribution in [3.8, 4) is 56.4 Å². The minimum atomic E-state index is -1.39. The van der Waals surface area contributed by atoms with Crippen molar-refractivity contribution >= 4 is 40.7 Å². The third-order valence-electron chi connectivity index (χ3n) is 14.6. The highest BCUT2D eigenvalue weighted by Crippen LogP contribution is 2.42. The van der Waals surface area contributed by atoms with E-state index in [1.807, 2.05) is 136 Å². The molecule has 14 heteroatoms. The second-order valence-electron chi connectivity index (χ2n) is 22.7. The van der Waals surface area contributed by atoms with Crippen LogP contribution >= 0.6 is 15.9 Å². The normalized spacial score (nSPS) is 14.3. The van der Waals surface area contributed by atoms with Gasteiger partial charge in [0.1, 0.15) is 11.2 Å². The van der Waals surface area contributed by atoms with Crippen LogP contribution in [0.25, 0.3) is 33.4 Å². The van der Waals surface area contributed by atoms with Crippen molar-refractivity contribution < 1.29 is 48.1 Å². The van der Waals surface area contributed by atoms with Crippen molar-refractivity contribution in [3.05, 3.63) is 220 Å². The number of benzene rings is 8. The number of ether oxygens (including phenoxy) is 6. The van der Waals surface area contributed by atoms with E-state index in [1.54, 1.807) is 40.6 Å². The molecular weight excluding hydrogens is 1130 g/mol. The van der Waals surface area contributed by atoms with Crippen molar-refractivity contribution in [3.63, 3.8) is 0 Å². The molecule has 0 aromatic heterocycles. The van der Waals surface area contributed by atoms with E-state index in [0.717, 1.165) is 61.8 Å². The summed E-state index contributed by atoms with van der Waals surface area (Å²) in [5, 5.41) is 17.9. The van der Waals surface area contributed by atoms with Crippen LogP contribution in [0, 0.1) is 0 Å². The van der Waals surface area contributed by atoms with Crippen LogP contribution in [0.4, 0.5) is 9.59 Å². The van der Waals surface area contributed by atoms with Gasteiger partial charge in [-0.1, -0.05) is 169 Å². The van der Waals surface area contributed by atoms with Crippen LogP contribution in [-0.4, -0.2) is 91.9 Å². The lowest BCUT2D eigenvalue weighted by Crippen LogP contribution is -2.43. The zero-order chi connectivity index (χ0) is 60.1. The topological polar surface area (TPSA) is 136 Å². The summed E-state index contributed by atoms with van der Waals surface area (Å²) in [6.07, 6.45) is 2.23. The minimum absolute atomic E-state index is 0. The van der Waals surface area contributed by atoms with E-state index in [-0.39, 0.29) is 31.7 Å². The highest BCUT2D eigenvalue weighted by Gasteiger charge is 2.37. The molecule has 8 aromatic rings. The Morgan fingerprint density at radius 3 is 1.11 bits per heavy atom. The number of hydrogen-bond donors (Lipinski definition) is 2. The monoisotopic (exact) mass is 1210 g/mol. The highest BCUT2D eigenvalue weighted by molar-refractivity contribution is 9.10. The lowest BCUT2D eigenvalue weighted by atomic mass is 9.80. The van der Waals surface area contributed by atoms with Gasteiger partial charge in [-0.2, -0.15) is 0 Å². The first-order valence-electron chi connectivity index (χ1n) is 28.2. The molecule has 0 fully saturated rings. The minimum Gasteiger partial charge on any atom is -0.493 e. The number of methoxy groups -OCH3 is 4. The fourth-order valence-corrected chi connectivity index (χ4v) is 10.7. The number of carbonyl (C=O) groups excluding carboxylic acids is 2. The van der Waals surface area contributed by atoms with Crippen molar-refractivity contribution in [1.82, 2.24) is 9.80 Å². The second kappa shape index (κ2) is 29.2. The number of fused-ring (bicyclic) bond motifs is 2.